The summed E-state index contributed by atoms with van der Waals surface area (Å²) < 4.78 is 13.1. The zero-order valence-corrected chi connectivity index (χ0v) is 11.3. The van der Waals surface area contributed by atoms with E-state index in [0.29, 0.717) is 0 Å². The van der Waals surface area contributed by atoms with Crippen LogP contribution in [0.1, 0.15) is 11.3 Å². The number of nitro groups is 1. The van der Waals surface area contributed by atoms with E-state index in [1.807, 2.05) is 0 Å². The first-order valence-electron chi connectivity index (χ1n) is 6.05. The molecule has 116 valence electrons. The van der Waals surface area contributed by atoms with Gasteiger partial charge < -0.3 is 15.4 Å². The van der Waals surface area contributed by atoms with Gasteiger partial charge in [-0.2, -0.15) is 5.26 Å². The van der Waals surface area contributed by atoms with Crippen molar-refractivity contribution >= 4 is 17.3 Å². The molecule has 23 heavy (non-hydrogen) atoms. The van der Waals surface area contributed by atoms with Crippen molar-refractivity contribution in [3.05, 3.63) is 62.9 Å². The van der Waals surface area contributed by atoms with E-state index in [1.54, 1.807) is 6.07 Å². The predicted octanol–water partition coefficient (Wildman–Crippen LogP) is 1.84. The Labute approximate surface area is 128 Å². The summed E-state index contributed by atoms with van der Waals surface area (Å²) in [5, 5.41) is 50.4. The molecule has 1 heterocycles. The van der Waals surface area contributed by atoms with Gasteiger partial charge in [-0.15, -0.1) is 9.12 Å². The highest BCUT2D eigenvalue weighted by molar-refractivity contribution is 5.88. The number of rotatable bonds is 3. The molecule has 2 aromatic rings. The van der Waals surface area contributed by atoms with Gasteiger partial charge in [-0.05, 0) is 23.8 Å². The standard InChI is InChI=1S/C14H8FN3O5/c15-13-3-1-2-10(17(13)21)9(7-16)4-8-5-11(18(22)23)14(20)12(19)6-8/h1-6,19-20H. The van der Waals surface area contributed by atoms with Gasteiger partial charge in [0.2, 0.25) is 11.4 Å². The second-order valence-corrected chi connectivity index (χ2v) is 4.36. The topological polar surface area (TPSA) is 134 Å². The Morgan fingerprint density at radius 1 is 1.39 bits per heavy atom. The largest absolute Gasteiger partial charge is 0.616 e. The number of aromatic nitrogens is 1. The van der Waals surface area contributed by atoms with Crippen molar-refractivity contribution < 1.29 is 24.3 Å². The highest BCUT2D eigenvalue weighted by Gasteiger charge is 2.20. The molecule has 0 saturated heterocycles. The monoisotopic (exact) mass is 317 g/mol. The molecule has 0 atom stereocenters. The molecule has 9 heteroatoms. The average Bonchev–Trinajstić information content (AvgIpc) is 2.51. The van der Waals surface area contributed by atoms with Crippen LogP contribution >= 0.6 is 0 Å². The van der Waals surface area contributed by atoms with Crippen LogP contribution in [-0.4, -0.2) is 15.1 Å². The van der Waals surface area contributed by atoms with Crippen LogP contribution in [0.3, 0.4) is 0 Å². The maximum Gasteiger partial charge on any atom is 0.371 e. The summed E-state index contributed by atoms with van der Waals surface area (Å²) in [6.07, 6.45) is 1.05. The Bertz CT molecular complexity index is 873. The van der Waals surface area contributed by atoms with Gasteiger partial charge in [-0.25, -0.2) is 0 Å². The van der Waals surface area contributed by atoms with E-state index in [9.17, 15) is 29.9 Å². The molecule has 0 aliphatic rings. The van der Waals surface area contributed by atoms with Crippen LogP contribution in [0.15, 0.2) is 30.3 Å². The molecule has 2 rings (SSSR count). The van der Waals surface area contributed by atoms with E-state index < -0.39 is 28.1 Å². The molecular formula is C14H8FN3O5. The number of phenols is 2. The molecule has 8 nitrogen and oxygen atoms in total. The number of hydrogen-bond donors (Lipinski definition) is 2. The lowest BCUT2D eigenvalue weighted by Crippen LogP contribution is -2.35. The van der Waals surface area contributed by atoms with Gasteiger partial charge in [0.15, 0.2) is 5.75 Å². The minimum atomic E-state index is -1.12. The fraction of sp³-hybridized carbons (Fsp3) is 0. The number of hydrogen-bond acceptors (Lipinski definition) is 6. The minimum absolute atomic E-state index is 0.0205. The van der Waals surface area contributed by atoms with Gasteiger partial charge in [-0.3, -0.25) is 10.1 Å². The molecule has 0 spiro atoms. The summed E-state index contributed by atoms with van der Waals surface area (Å²) in [7, 11) is 0. The predicted molar refractivity (Wildman–Crippen MR) is 75.3 cm³/mol. The highest BCUT2D eigenvalue weighted by Crippen LogP contribution is 2.36. The Morgan fingerprint density at radius 2 is 2.09 bits per heavy atom. The minimum Gasteiger partial charge on any atom is -0.616 e. The van der Waals surface area contributed by atoms with Crippen molar-refractivity contribution in [3.63, 3.8) is 0 Å². The first-order chi connectivity index (χ1) is 10.8. The lowest BCUT2D eigenvalue weighted by Gasteiger charge is -2.04. The zero-order chi connectivity index (χ0) is 17.1. The lowest BCUT2D eigenvalue weighted by molar-refractivity contribution is -0.639. The molecule has 2 N–H and O–H groups in total. The Hall–Kier alpha value is -3.67. The maximum absolute atomic E-state index is 13.3. The molecule has 0 aliphatic carbocycles. The Balaban J connectivity index is 2.62. The molecule has 0 aliphatic heterocycles. The van der Waals surface area contributed by atoms with Gasteiger partial charge >= 0.3 is 11.6 Å². The molecule has 1 aromatic carbocycles. The number of nitrogens with zero attached hydrogens (tertiary/aromatic N) is 3. The van der Waals surface area contributed by atoms with Crippen LogP contribution in [0.5, 0.6) is 11.5 Å². The summed E-state index contributed by atoms with van der Waals surface area (Å²) >= 11 is 0. The molecule has 0 fully saturated rings. The van der Waals surface area contributed by atoms with Crippen LogP contribution in [0.25, 0.3) is 11.6 Å². The summed E-state index contributed by atoms with van der Waals surface area (Å²) in [5.74, 6) is -2.81. The van der Waals surface area contributed by atoms with Crippen molar-refractivity contribution in [2.45, 2.75) is 0 Å². The van der Waals surface area contributed by atoms with Gasteiger partial charge in [0, 0.05) is 18.2 Å². The van der Waals surface area contributed by atoms with Crippen molar-refractivity contribution in [3.8, 4) is 17.6 Å². The van der Waals surface area contributed by atoms with Crippen LogP contribution in [0, 0.1) is 32.6 Å². The zero-order valence-electron chi connectivity index (χ0n) is 11.3. The smallest absolute Gasteiger partial charge is 0.371 e. The van der Waals surface area contributed by atoms with Gasteiger partial charge in [0.1, 0.15) is 11.6 Å². The number of benzene rings is 1. The molecule has 0 radical (unpaired) electrons. The van der Waals surface area contributed by atoms with Gasteiger partial charge in [0.25, 0.3) is 0 Å². The van der Waals surface area contributed by atoms with Crippen molar-refractivity contribution in [1.29, 1.82) is 5.26 Å². The van der Waals surface area contributed by atoms with Gasteiger partial charge in [-0.1, -0.05) is 0 Å². The SMILES string of the molecule is N#CC(=Cc1cc(O)c(O)c([N+](=O)[O-])c1)c1cccc(F)[n+]1[O-]. The van der Waals surface area contributed by atoms with E-state index in [2.05, 4.69) is 0 Å². The van der Waals surface area contributed by atoms with Crippen molar-refractivity contribution in [2.24, 2.45) is 0 Å². The summed E-state index contributed by atoms with van der Waals surface area (Å²) in [4.78, 5) is 9.87. The molecule has 0 unspecified atom stereocenters. The van der Waals surface area contributed by atoms with Crippen LogP contribution < -0.4 is 4.73 Å². The molecule has 0 saturated carbocycles. The average molecular weight is 317 g/mol. The van der Waals surface area contributed by atoms with E-state index in [4.69, 9.17) is 5.26 Å². The normalized spacial score (nSPS) is 11.0. The van der Waals surface area contributed by atoms with Crippen LogP contribution in [0.2, 0.25) is 0 Å². The third-order valence-electron chi connectivity index (χ3n) is 2.90. The third kappa shape index (κ3) is 3.01. The van der Waals surface area contributed by atoms with E-state index in [1.165, 1.54) is 12.1 Å². The molecule has 0 amide bonds. The molecular weight excluding hydrogens is 309 g/mol. The lowest BCUT2D eigenvalue weighted by atomic mass is 10.1. The van der Waals surface area contributed by atoms with E-state index >= 15 is 0 Å². The summed E-state index contributed by atoms with van der Waals surface area (Å²) in [6.45, 7) is 0. The fourth-order valence-electron chi connectivity index (χ4n) is 1.85. The molecule has 1 aromatic heterocycles. The third-order valence-corrected chi connectivity index (χ3v) is 2.90. The number of nitriles is 1. The first kappa shape index (κ1) is 15.7. The summed E-state index contributed by atoms with van der Waals surface area (Å²) in [6, 6.07) is 6.87. The van der Waals surface area contributed by atoms with Gasteiger partial charge in [0.05, 0.1) is 4.92 Å². The number of pyridine rings is 1. The second kappa shape index (κ2) is 5.98. The number of allylic oxidation sites excluding steroid dienone is 1. The fourth-order valence-corrected chi connectivity index (χ4v) is 1.85. The van der Waals surface area contributed by atoms with Crippen molar-refractivity contribution in [2.75, 3.05) is 0 Å². The maximum atomic E-state index is 13.3. The second-order valence-electron chi connectivity index (χ2n) is 4.36. The number of aromatic hydroxyl groups is 2. The van der Waals surface area contributed by atoms with Crippen LogP contribution in [0.4, 0.5) is 10.1 Å². The number of nitro benzene ring substituents is 1. The highest BCUT2D eigenvalue weighted by atomic mass is 19.1. The van der Waals surface area contributed by atoms with Crippen molar-refractivity contribution in [1.82, 2.24) is 0 Å². The first-order valence-corrected chi connectivity index (χ1v) is 6.05. The van der Waals surface area contributed by atoms with E-state index in [-0.39, 0.29) is 21.6 Å². The van der Waals surface area contributed by atoms with E-state index in [0.717, 1.165) is 24.3 Å². The quantitative estimate of drug-likeness (QED) is 0.169. The Kier molecular flexibility index (Phi) is 4.09. The number of halogens is 1. The Morgan fingerprint density at radius 3 is 2.70 bits per heavy atom. The molecule has 0 bridgehead atoms. The summed E-state index contributed by atoms with van der Waals surface area (Å²) in [5.41, 5.74) is -1.38. The number of phenolic OH excluding ortho intramolecular Hbond substituents is 2. The van der Waals surface area contributed by atoms with Crippen LogP contribution in [-0.2, 0) is 0 Å².